The Morgan fingerprint density at radius 1 is 1.19 bits per heavy atom. The van der Waals surface area contributed by atoms with Crippen molar-refractivity contribution in [2.75, 3.05) is 5.32 Å². The first-order valence-corrected chi connectivity index (χ1v) is 7.81. The molecule has 0 unspecified atom stereocenters. The molecule has 3 rings (SSSR count). The van der Waals surface area contributed by atoms with Crippen LogP contribution >= 0.6 is 0 Å². The summed E-state index contributed by atoms with van der Waals surface area (Å²) in [5, 5.41) is 12.6. The van der Waals surface area contributed by atoms with Crippen molar-refractivity contribution >= 4 is 17.6 Å². The van der Waals surface area contributed by atoms with Crippen LogP contribution in [0.1, 0.15) is 18.4 Å². The Hall–Kier alpha value is -3.16. The van der Waals surface area contributed by atoms with E-state index < -0.39 is 28.8 Å². The van der Waals surface area contributed by atoms with Crippen LogP contribution in [0.25, 0.3) is 0 Å². The summed E-state index contributed by atoms with van der Waals surface area (Å²) in [6.45, 7) is 0. The number of hydrogen-bond donors (Lipinski definition) is 3. The van der Waals surface area contributed by atoms with E-state index in [1.807, 2.05) is 0 Å². The first-order chi connectivity index (χ1) is 12.4. The van der Waals surface area contributed by atoms with E-state index >= 15 is 0 Å². The number of hydrogen-bond acceptors (Lipinski definition) is 4. The van der Waals surface area contributed by atoms with Gasteiger partial charge in [0.1, 0.15) is 17.5 Å². The maximum atomic E-state index is 14.0. The lowest BCUT2D eigenvalue weighted by Gasteiger charge is -2.15. The quantitative estimate of drug-likeness (QED) is 0.566. The number of nitrogens with zero attached hydrogens (tertiary/aromatic N) is 1. The van der Waals surface area contributed by atoms with Gasteiger partial charge in [0, 0.05) is 17.8 Å². The number of aromatic nitrogens is 1. The standard InChI is InChI=1S/C18H15F3N4O/c19-11-9-14(21)16(24-10-11)23-8-5-15(22)25-17(26)18(6-7-18)12-3-1-2-4-13(12)20/h1-5,8-10H,6-7H2,(H,23,24)(H2,22,25,26)/b8-5-. The van der Waals surface area contributed by atoms with Crippen molar-refractivity contribution in [1.82, 2.24) is 10.3 Å². The average molecular weight is 360 g/mol. The summed E-state index contributed by atoms with van der Waals surface area (Å²) in [4.78, 5) is 16.0. The minimum atomic E-state index is -0.955. The van der Waals surface area contributed by atoms with Crippen LogP contribution in [0.4, 0.5) is 19.0 Å². The van der Waals surface area contributed by atoms with Crippen molar-refractivity contribution in [3.63, 3.8) is 0 Å². The molecule has 1 amide bonds. The predicted octanol–water partition coefficient (Wildman–Crippen LogP) is 3.25. The molecule has 26 heavy (non-hydrogen) atoms. The van der Waals surface area contributed by atoms with E-state index in [1.165, 1.54) is 18.3 Å². The highest BCUT2D eigenvalue weighted by Gasteiger charge is 2.52. The topological polar surface area (TPSA) is 77.9 Å². The van der Waals surface area contributed by atoms with Crippen LogP contribution in [-0.2, 0) is 10.2 Å². The Morgan fingerprint density at radius 3 is 2.58 bits per heavy atom. The van der Waals surface area contributed by atoms with Crippen molar-refractivity contribution in [3.05, 3.63) is 71.8 Å². The molecule has 0 saturated heterocycles. The van der Waals surface area contributed by atoms with Gasteiger partial charge in [0.2, 0.25) is 5.91 Å². The molecule has 8 heteroatoms. The Labute approximate surface area is 147 Å². The van der Waals surface area contributed by atoms with Gasteiger partial charge < -0.3 is 10.6 Å². The van der Waals surface area contributed by atoms with Crippen molar-refractivity contribution in [3.8, 4) is 0 Å². The first-order valence-electron chi connectivity index (χ1n) is 7.81. The summed E-state index contributed by atoms with van der Waals surface area (Å²) in [5.74, 6) is -3.09. The summed E-state index contributed by atoms with van der Waals surface area (Å²) in [7, 11) is 0. The maximum absolute atomic E-state index is 14.0. The number of anilines is 1. The Kier molecular flexibility index (Phi) is 4.75. The third-order valence-electron chi connectivity index (χ3n) is 4.10. The minimum absolute atomic E-state index is 0.216. The largest absolute Gasteiger partial charge is 0.344 e. The molecule has 3 N–H and O–H groups in total. The van der Waals surface area contributed by atoms with E-state index in [2.05, 4.69) is 15.6 Å². The lowest BCUT2D eigenvalue weighted by Crippen LogP contribution is -2.38. The molecule has 134 valence electrons. The number of amidine groups is 1. The summed E-state index contributed by atoms with van der Waals surface area (Å²) in [6, 6.07) is 6.73. The second-order valence-electron chi connectivity index (χ2n) is 5.89. The molecule has 0 aliphatic heterocycles. The SMILES string of the molecule is N=C(/C=C\Nc1ncc(F)cc1F)NC(=O)C1(c2ccccc2F)CC1. The first kappa shape index (κ1) is 17.7. The van der Waals surface area contributed by atoms with Gasteiger partial charge in [-0.05, 0) is 25.0 Å². The zero-order valence-corrected chi connectivity index (χ0v) is 13.5. The second-order valence-corrected chi connectivity index (χ2v) is 5.89. The Bertz CT molecular complexity index is 894. The molecule has 1 aromatic heterocycles. The molecule has 2 aromatic rings. The normalized spacial score (nSPS) is 14.9. The number of nitrogens with one attached hydrogen (secondary N) is 3. The maximum Gasteiger partial charge on any atom is 0.236 e. The van der Waals surface area contributed by atoms with E-state index in [9.17, 15) is 18.0 Å². The third-order valence-corrected chi connectivity index (χ3v) is 4.10. The number of halogens is 3. The minimum Gasteiger partial charge on any atom is -0.344 e. The molecular weight excluding hydrogens is 345 g/mol. The summed E-state index contributed by atoms with van der Waals surface area (Å²) >= 11 is 0. The number of carbonyl (C=O) groups excluding carboxylic acids is 1. The van der Waals surface area contributed by atoms with Crippen LogP contribution in [0.5, 0.6) is 0 Å². The highest BCUT2D eigenvalue weighted by atomic mass is 19.1. The van der Waals surface area contributed by atoms with Crippen molar-refractivity contribution < 1.29 is 18.0 Å². The molecule has 5 nitrogen and oxygen atoms in total. The van der Waals surface area contributed by atoms with Gasteiger partial charge in [0.05, 0.1) is 11.6 Å². The summed E-state index contributed by atoms with van der Waals surface area (Å²) in [5.41, 5.74) is -0.645. The predicted molar refractivity (Wildman–Crippen MR) is 90.1 cm³/mol. The van der Waals surface area contributed by atoms with Crippen LogP contribution in [0.3, 0.4) is 0 Å². The fraction of sp³-hybridized carbons (Fsp3) is 0.167. The van der Waals surface area contributed by atoms with Crippen molar-refractivity contribution in [2.24, 2.45) is 0 Å². The van der Waals surface area contributed by atoms with Crippen LogP contribution in [0.15, 0.2) is 48.8 Å². The van der Waals surface area contributed by atoms with Gasteiger partial charge in [-0.2, -0.15) is 0 Å². The van der Waals surface area contributed by atoms with E-state index in [4.69, 9.17) is 5.41 Å². The lowest BCUT2D eigenvalue weighted by atomic mass is 9.94. The van der Waals surface area contributed by atoms with Crippen LogP contribution in [0.2, 0.25) is 0 Å². The highest BCUT2D eigenvalue weighted by molar-refractivity contribution is 6.07. The van der Waals surface area contributed by atoms with Crippen molar-refractivity contribution in [1.29, 1.82) is 5.41 Å². The zero-order valence-electron chi connectivity index (χ0n) is 13.5. The number of amides is 1. The molecule has 1 heterocycles. The molecule has 1 aromatic carbocycles. The van der Waals surface area contributed by atoms with Gasteiger partial charge in [-0.3, -0.25) is 10.2 Å². The molecule has 1 fully saturated rings. The molecule has 1 aliphatic rings. The number of carbonyl (C=O) groups is 1. The van der Waals surface area contributed by atoms with Gasteiger partial charge in [-0.15, -0.1) is 0 Å². The second kappa shape index (κ2) is 6.99. The molecule has 0 radical (unpaired) electrons. The molecule has 1 saturated carbocycles. The fourth-order valence-electron chi connectivity index (χ4n) is 2.60. The van der Waals surface area contributed by atoms with Crippen molar-refractivity contribution in [2.45, 2.75) is 18.3 Å². The van der Waals surface area contributed by atoms with Gasteiger partial charge in [-0.1, -0.05) is 18.2 Å². The molecule has 0 bridgehead atoms. The highest BCUT2D eigenvalue weighted by Crippen LogP contribution is 2.49. The van der Waals surface area contributed by atoms with E-state index in [0.29, 0.717) is 24.5 Å². The van der Waals surface area contributed by atoms with Gasteiger partial charge in [0.25, 0.3) is 0 Å². The van der Waals surface area contributed by atoms with Crippen LogP contribution in [-0.4, -0.2) is 16.7 Å². The molecular formula is C18H15F3N4O. The van der Waals surface area contributed by atoms with Gasteiger partial charge >= 0.3 is 0 Å². The third kappa shape index (κ3) is 3.58. The van der Waals surface area contributed by atoms with Gasteiger partial charge in [0.15, 0.2) is 11.6 Å². The summed E-state index contributed by atoms with van der Waals surface area (Å²) in [6.07, 6.45) is 4.21. The zero-order chi connectivity index (χ0) is 18.7. The van der Waals surface area contributed by atoms with Crippen LogP contribution in [0, 0.1) is 22.9 Å². The molecule has 0 atom stereocenters. The molecule has 0 spiro atoms. The Morgan fingerprint density at radius 2 is 1.92 bits per heavy atom. The summed E-state index contributed by atoms with van der Waals surface area (Å²) < 4.78 is 40.1. The monoisotopic (exact) mass is 360 g/mol. The van der Waals surface area contributed by atoms with Gasteiger partial charge in [-0.25, -0.2) is 18.2 Å². The number of pyridine rings is 1. The number of rotatable bonds is 5. The average Bonchev–Trinajstić information content (AvgIpc) is 3.39. The fourth-order valence-corrected chi connectivity index (χ4v) is 2.60. The number of benzene rings is 1. The van der Waals surface area contributed by atoms with Crippen LogP contribution < -0.4 is 10.6 Å². The Balaban J connectivity index is 1.61. The molecule has 1 aliphatic carbocycles. The van der Waals surface area contributed by atoms with E-state index in [-0.39, 0.29) is 11.7 Å². The lowest BCUT2D eigenvalue weighted by molar-refractivity contribution is -0.122. The van der Waals surface area contributed by atoms with E-state index in [1.54, 1.807) is 18.2 Å². The van der Waals surface area contributed by atoms with E-state index in [0.717, 1.165) is 6.20 Å². The smallest absolute Gasteiger partial charge is 0.236 e.